The zero-order chi connectivity index (χ0) is 20.7. The molecule has 0 bridgehead atoms. The predicted molar refractivity (Wildman–Crippen MR) is 124 cm³/mol. The van der Waals surface area contributed by atoms with Gasteiger partial charge in [-0.1, -0.05) is 77.6 Å². The molecule has 1 unspecified atom stereocenters. The second kappa shape index (κ2) is 23.4. The molecule has 0 heterocycles. The minimum atomic E-state index is -1.82. The summed E-state index contributed by atoms with van der Waals surface area (Å²) in [6.45, 7) is 8.21. The van der Waals surface area contributed by atoms with Gasteiger partial charge in [0.1, 0.15) is 0 Å². The van der Waals surface area contributed by atoms with E-state index in [1.165, 1.54) is 77.0 Å². The fourth-order valence-corrected chi connectivity index (χ4v) is 4.55. The van der Waals surface area contributed by atoms with Crippen molar-refractivity contribution in [1.82, 2.24) is 4.90 Å². The molecule has 1 N–H and O–H groups in total. The Morgan fingerprint density at radius 1 is 0.679 bits per heavy atom. The Labute approximate surface area is 176 Å². The Bertz CT molecular complexity index is 329. The van der Waals surface area contributed by atoms with E-state index in [0.29, 0.717) is 12.8 Å². The van der Waals surface area contributed by atoms with Crippen LogP contribution in [0.4, 0.5) is 0 Å². The van der Waals surface area contributed by atoms with E-state index in [0.717, 1.165) is 38.9 Å². The summed E-state index contributed by atoms with van der Waals surface area (Å²) in [6.07, 6.45) is 20.2. The highest BCUT2D eigenvalue weighted by atomic mass is 31.1. The summed E-state index contributed by atoms with van der Waals surface area (Å²) >= 11 is 0. The molecule has 4 nitrogen and oxygen atoms in total. The maximum absolute atomic E-state index is 11.7. The molecule has 0 aromatic heterocycles. The summed E-state index contributed by atoms with van der Waals surface area (Å²) in [5.74, 6) is 0. The van der Waals surface area contributed by atoms with Gasteiger partial charge in [-0.05, 0) is 52.2 Å². The zero-order valence-electron chi connectivity index (χ0n) is 19.1. The van der Waals surface area contributed by atoms with E-state index >= 15 is 0 Å². The van der Waals surface area contributed by atoms with Crippen LogP contribution in [0.2, 0.25) is 0 Å². The van der Waals surface area contributed by atoms with Crippen LogP contribution in [0.3, 0.4) is 0 Å². The molecule has 0 aliphatic heterocycles. The van der Waals surface area contributed by atoms with E-state index in [1.54, 1.807) is 0 Å². The van der Waals surface area contributed by atoms with Gasteiger partial charge in [-0.2, -0.15) is 0 Å². The zero-order valence-corrected chi connectivity index (χ0v) is 20.1. The van der Waals surface area contributed by atoms with Crippen molar-refractivity contribution in [3.8, 4) is 0 Å². The number of nitrogens with zero attached hydrogens (tertiary/aromatic N) is 1. The third-order valence-electron chi connectivity index (χ3n) is 5.37. The van der Waals surface area contributed by atoms with Crippen LogP contribution in [0.25, 0.3) is 0 Å². The molecule has 170 valence electrons. The van der Waals surface area contributed by atoms with Gasteiger partial charge in [-0.15, -0.1) is 0 Å². The normalized spacial score (nSPS) is 12.7. The number of aliphatic hydroxyl groups is 1. The van der Waals surface area contributed by atoms with Gasteiger partial charge in [-0.25, -0.2) is 0 Å². The fraction of sp³-hybridized carbons (Fsp3) is 1.00. The van der Waals surface area contributed by atoms with E-state index in [-0.39, 0.29) is 6.61 Å². The molecular formula is C23H50NO3P. The Morgan fingerprint density at radius 3 is 1.64 bits per heavy atom. The molecule has 0 fully saturated rings. The SMILES string of the molecule is CCCCCCCCCCCCCCN(CCCCO)CCC[PH](=O)OCC. The minimum absolute atomic E-state index is 0.282. The summed E-state index contributed by atoms with van der Waals surface area (Å²) in [7, 11) is -1.82. The lowest BCUT2D eigenvalue weighted by Crippen LogP contribution is -2.27. The van der Waals surface area contributed by atoms with Crippen molar-refractivity contribution in [3.05, 3.63) is 0 Å². The summed E-state index contributed by atoms with van der Waals surface area (Å²) in [6, 6.07) is 0. The van der Waals surface area contributed by atoms with Crippen molar-refractivity contribution in [2.45, 2.75) is 110 Å². The molecule has 0 saturated heterocycles. The van der Waals surface area contributed by atoms with Gasteiger partial charge in [0.15, 0.2) is 8.03 Å². The predicted octanol–water partition coefficient (Wildman–Crippen LogP) is 6.66. The molecular weight excluding hydrogens is 369 g/mol. The van der Waals surface area contributed by atoms with Crippen LogP contribution in [-0.2, 0) is 9.09 Å². The second-order valence-corrected chi connectivity index (χ2v) is 9.60. The molecule has 0 aromatic carbocycles. The quantitative estimate of drug-likeness (QED) is 0.148. The van der Waals surface area contributed by atoms with Gasteiger partial charge < -0.3 is 14.5 Å². The number of rotatable bonds is 23. The lowest BCUT2D eigenvalue weighted by Gasteiger charge is -2.22. The molecule has 0 spiro atoms. The van der Waals surface area contributed by atoms with E-state index in [1.807, 2.05) is 6.92 Å². The third kappa shape index (κ3) is 20.8. The minimum Gasteiger partial charge on any atom is -0.396 e. The fourth-order valence-electron chi connectivity index (χ4n) is 3.64. The van der Waals surface area contributed by atoms with Gasteiger partial charge in [-0.3, -0.25) is 4.57 Å². The Morgan fingerprint density at radius 2 is 1.14 bits per heavy atom. The standard InChI is InChI=1S/C23H50NO3P/c1-3-5-6-7-8-9-10-11-12-13-14-15-19-24(20-16-17-22-25)21-18-23-28(26)27-4-2/h25,28H,3-23H2,1-2H3. The second-order valence-electron chi connectivity index (χ2n) is 8.07. The van der Waals surface area contributed by atoms with Crippen LogP contribution in [0.5, 0.6) is 0 Å². The molecule has 1 atom stereocenters. The van der Waals surface area contributed by atoms with Crippen molar-refractivity contribution < 1.29 is 14.2 Å². The summed E-state index contributed by atoms with van der Waals surface area (Å²) in [5.41, 5.74) is 0. The van der Waals surface area contributed by atoms with E-state index < -0.39 is 8.03 Å². The number of hydrogen-bond acceptors (Lipinski definition) is 4. The van der Waals surface area contributed by atoms with Gasteiger partial charge in [0.05, 0.1) is 6.61 Å². The summed E-state index contributed by atoms with van der Waals surface area (Å²) < 4.78 is 16.9. The lowest BCUT2D eigenvalue weighted by atomic mass is 10.1. The van der Waals surface area contributed by atoms with Crippen molar-refractivity contribution in [2.75, 3.05) is 39.0 Å². The van der Waals surface area contributed by atoms with Crippen LogP contribution in [0.15, 0.2) is 0 Å². The molecule has 0 radical (unpaired) electrons. The molecule has 0 aliphatic carbocycles. The summed E-state index contributed by atoms with van der Waals surface area (Å²) in [5, 5.41) is 9.00. The van der Waals surface area contributed by atoms with Crippen LogP contribution >= 0.6 is 8.03 Å². The average Bonchev–Trinajstić information content (AvgIpc) is 2.68. The Hall–Kier alpha value is 0.110. The first-order chi connectivity index (χ1) is 13.7. The lowest BCUT2D eigenvalue weighted by molar-refractivity contribution is 0.237. The first-order valence-electron chi connectivity index (χ1n) is 12.2. The van der Waals surface area contributed by atoms with E-state index in [9.17, 15) is 4.57 Å². The molecule has 0 aliphatic rings. The maximum Gasteiger partial charge on any atom is 0.191 e. The summed E-state index contributed by atoms with van der Waals surface area (Å²) in [4.78, 5) is 2.49. The molecule has 28 heavy (non-hydrogen) atoms. The van der Waals surface area contributed by atoms with Crippen molar-refractivity contribution in [1.29, 1.82) is 0 Å². The molecule has 0 aromatic rings. The smallest absolute Gasteiger partial charge is 0.191 e. The maximum atomic E-state index is 11.7. The van der Waals surface area contributed by atoms with Crippen LogP contribution in [-0.4, -0.2) is 49.0 Å². The third-order valence-corrected chi connectivity index (χ3v) is 6.74. The molecule has 0 saturated carbocycles. The Kier molecular flexibility index (Phi) is 23.5. The van der Waals surface area contributed by atoms with E-state index in [2.05, 4.69) is 11.8 Å². The molecule has 5 heteroatoms. The van der Waals surface area contributed by atoms with Gasteiger partial charge in [0.2, 0.25) is 0 Å². The highest BCUT2D eigenvalue weighted by Crippen LogP contribution is 2.22. The average molecular weight is 420 g/mol. The van der Waals surface area contributed by atoms with Crippen molar-refractivity contribution >= 4 is 8.03 Å². The van der Waals surface area contributed by atoms with Gasteiger partial charge in [0.25, 0.3) is 0 Å². The first kappa shape index (κ1) is 28.1. The van der Waals surface area contributed by atoms with E-state index in [4.69, 9.17) is 9.63 Å². The first-order valence-corrected chi connectivity index (χ1v) is 13.8. The number of aliphatic hydroxyl groups excluding tert-OH is 1. The molecule has 0 rings (SSSR count). The topological polar surface area (TPSA) is 49.8 Å². The van der Waals surface area contributed by atoms with Gasteiger partial charge in [0, 0.05) is 12.8 Å². The van der Waals surface area contributed by atoms with Crippen LogP contribution in [0, 0.1) is 0 Å². The van der Waals surface area contributed by atoms with Crippen LogP contribution < -0.4 is 0 Å². The highest BCUT2D eigenvalue weighted by molar-refractivity contribution is 7.39. The van der Waals surface area contributed by atoms with Crippen LogP contribution in [0.1, 0.15) is 110 Å². The van der Waals surface area contributed by atoms with Gasteiger partial charge >= 0.3 is 0 Å². The van der Waals surface area contributed by atoms with Crippen molar-refractivity contribution in [3.63, 3.8) is 0 Å². The number of hydrogen-bond donors (Lipinski definition) is 1. The van der Waals surface area contributed by atoms with Crippen molar-refractivity contribution in [2.24, 2.45) is 0 Å². The largest absolute Gasteiger partial charge is 0.396 e. The highest BCUT2D eigenvalue weighted by Gasteiger charge is 2.06. The number of unbranched alkanes of at least 4 members (excludes halogenated alkanes) is 12. The molecule has 0 amide bonds. The Balaban J connectivity index is 3.64. The monoisotopic (exact) mass is 419 g/mol.